The molecule has 0 saturated heterocycles. The molecule has 0 bridgehead atoms. The quantitative estimate of drug-likeness (QED) is 0.353. The Kier molecular flexibility index (Phi) is 8.50. The molecule has 2 N–H and O–H groups in total. The summed E-state index contributed by atoms with van der Waals surface area (Å²) in [4.78, 5) is 7.36. The standard InChI is InChI=1S/C24H39N7O/c1-17(2)31(18(3)4)14-9-13-25-24(26-16-23-29-28-19(5)30(23)6)27-21-12-15-32-22-11-8-7-10-20(21)22/h7-8,10-11,17-18,21H,9,12-16H2,1-6H3,(H2,25,26,27). The first-order valence-electron chi connectivity index (χ1n) is 11.7. The number of aliphatic imine (C=N–C) groups is 1. The first kappa shape index (κ1) is 24.0. The van der Waals surface area contributed by atoms with Gasteiger partial charge in [0.05, 0.1) is 12.6 Å². The third-order valence-corrected chi connectivity index (χ3v) is 6.04. The highest BCUT2D eigenvalue weighted by molar-refractivity contribution is 5.80. The van der Waals surface area contributed by atoms with Crippen LogP contribution in [0.25, 0.3) is 0 Å². The van der Waals surface area contributed by atoms with Gasteiger partial charge in [0, 0.05) is 44.2 Å². The Hall–Kier alpha value is -2.61. The van der Waals surface area contributed by atoms with E-state index in [1.807, 2.05) is 30.7 Å². The molecule has 2 heterocycles. The van der Waals surface area contributed by atoms with Gasteiger partial charge in [0.25, 0.3) is 0 Å². The van der Waals surface area contributed by atoms with Crippen LogP contribution in [0.5, 0.6) is 5.75 Å². The molecule has 1 unspecified atom stereocenters. The van der Waals surface area contributed by atoms with Crippen LogP contribution in [-0.2, 0) is 13.6 Å². The molecule has 0 radical (unpaired) electrons. The van der Waals surface area contributed by atoms with E-state index in [2.05, 4.69) is 65.6 Å². The largest absolute Gasteiger partial charge is 0.493 e. The van der Waals surface area contributed by atoms with E-state index >= 15 is 0 Å². The number of para-hydroxylation sites is 1. The molecule has 0 fully saturated rings. The molecule has 8 nitrogen and oxygen atoms in total. The lowest BCUT2D eigenvalue weighted by atomic mass is 10.0. The van der Waals surface area contributed by atoms with Gasteiger partial charge in [-0.25, -0.2) is 4.99 Å². The minimum Gasteiger partial charge on any atom is -0.493 e. The van der Waals surface area contributed by atoms with Crippen molar-refractivity contribution in [1.29, 1.82) is 0 Å². The van der Waals surface area contributed by atoms with Crippen LogP contribution in [0.1, 0.15) is 63.8 Å². The number of hydrogen-bond acceptors (Lipinski definition) is 5. The van der Waals surface area contributed by atoms with E-state index in [9.17, 15) is 0 Å². The number of hydrogen-bond donors (Lipinski definition) is 2. The van der Waals surface area contributed by atoms with E-state index in [1.165, 1.54) is 5.56 Å². The maximum absolute atomic E-state index is 5.83. The van der Waals surface area contributed by atoms with Crippen molar-refractivity contribution in [2.24, 2.45) is 12.0 Å². The molecule has 0 amide bonds. The highest BCUT2D eigenvalue weighted by Crippen LogP contribution is 2.31. The smallest absolute Gasteiger partial charge is 0.192 e. The van der Waals surface area contributed by atoms with Gasteiger partial charge in [-0.2, -0.15) is 0 Å². The zero-order chi connectivity index (χ0) is 23.1. The van der Waals surface area contributed by atoms with Gasteiger partial charge in [0.2, 0.25) is 0 Å². The van der Waals surface area contributed by atoms with Crippen LogP contribution in [0.4, 0.5) is 0 Å². The van der Waals surface area contributed by atoms with E-state index in [-0.39, 0.29) is 6.04 Å². The van der Waals surface area contributed by atoms with Crippen molar-refractivity contribution >= 4 is 5.96 Å². The topological polar surface area (TPSA) is 79.6 Å². The summed E-state index contributed by atoms with van der Waals surface area (Å²) in [7, 11) is 1.97. The van der Waals surface area contributed by atoms with E-state index < -0.39 is 0 Å². The van der Waals surface area contributed by atoms with E-state index in [4.69, 9.17) is 9.73 Å². The maximum Gasteiger partial charge on any atom is 0.192 e. The number of nitrogens with zero attached hydrogens (tertiary/aromatic N) is 5. The van der Waals surface area contributed by atoms with Crippen LogP contribution in [0.2, 0.25) is 0 Å². The van der Waals surface area contributed by atoms with Crippen molar-refractivity contribution in [3.63, 3.8) is 0 Å². The second-order valence-electron chi connectivity index (χ2n) is 8.96. The molecule has 176 valence electrons. The SMILES string of the molecule is Cc1nnc(CN=C(NCCCN(C(C)C)C(C)C)NC2CCOc3ccccc32)n1C. The second-order valence-corrected chi connectivity index (χ2v) is 8.96. The number of ether oxygens (including phenoxy) is 1. The Balaban J connectivity index is 1.67. The maximum atomic E-state index is 5.83. The van der Waals surface area contributed by atoms with Crippen molar-refractivity contribution in [1.82, 2.24) is 30.3 Å². The number of guanidine groups is 1. The molecule has 1 aliphatic rings. The fourth-order valence-corrected chi connectivity index (χ4v) is 4.13. The van der Waals surface area contributed by atoms with Gasteiger partial charge in [0.15, 0.2) is 11.8 Å². The van der Waals surface area contributed by atoms with Gasteiger partial charge in [-0.15, -0.1) is 10.2 Å². The molecule has 0 aliphatic carbocycles. The molecule has 8 heteroatoms. The monoisotopic (exact) mass is 441 g/mol. The lowest BCUT2D eigenvalue weighted by molar-refractivity contribution is 0.173. The van der Waals surface area contributed by atoms with E-state index in [0.29, 0.717) is 25.2 Å². The number of fused-ring (bicyclic) bond motifs is 1. The van der Waals surface area contributed by atoms with Crippen LogP contribution in [0.15, 0.2) is 29.3 Å². The number of benzene rings is 1. The van der Waals surface area contributed by atoms with Crippen molar-refractivity contribution in [2.75, 3.05) is 19.7 Å². The predicted molar refractivity (Wildman–Crippen MR) is 129 cm³/mol. The molecule has 1 atom stereocenters. The first-order valence-corrected chi connectivity index (χ1v) is 11.7. The number of aromatic nitrogens is 3. The molecule has 3 rings (SSSR count). The molecule has 0 saturated carbocycles. The molecule has 1 aliphatic heterocycles. The average Bonchev–Trinajstić information content (AvgIpc) is 3.09. The van der Waals surface area contributed by atoms with Gasteiger partial charge in [0.1, 0.15) is 18.1 Å². The van der Waals surface area contributed by atoms with Gasteiger partial charge < -0.3 is 19.9 Å². The van der Waals surface area contributed by atoms with Gasteiger partial charge in [-0.3, -0.25) is 4.90 Å². The Labute approximate surface area is 192 Å². The zero-order valence-electron chi connectivity index (χ0n) is 20.4. The van der Waals surface area contributed by atoms with Crippen LogP contribution in [-0.4, -0.2) is 57.4 Å². The zero-order valence-corrected chi connectivity index (χ0v) is 20.4. The van der Waals surface area contributed by atoms with E-state index in [1.54, 1.807) is 0 Å². The summed E-state index contributed by atoms with van der Waals surface area (Å²) in [6.07, 6.45) is 1.94. The number of nitrogens with one attached hydrogen (secondary N) is 2. The van der Waals surface area contributed by atoms with Crippen LogP contribution >= 0.6 is 0 Å². The third-order valence-electron chi connectivity index (χ3n) is 6.04. The van der Waals surface area contributed by atoms with Crippen molar-refractivity contribution in [3.8, 4) is 5.75 Å². The fourth-order valence-electron chi connectivity index (χ4n) is 4.13. The normalized spacial score (nSPS) is 16.4. The lowest BCUT2D eigenvalue weighted by Crippen LogP contribution is -2.43. The Bertz CT molecular complexity index is 882. The van der Waals surface area contributed by atoms with Crippen LogP contribution in [0, 0.1) is 6.92 Å². The minimum atomic E-state index is 0.162. The second kappa shape index (κ2) is 11.3. The molecule has 1 aromatic heterocycles. The summed E-state index contributed by atoms with van der Waals surface area (Å²) in [5, 5.41) is 15.6. The minimum absolute atomic E-state index is 0.162. The summed E-state index contributed by atoms with van der Waals surface area (Å²) in [6, 6.07) is 9.47. The molecule has 1 aromatic carbocycles. The third kappa shape index (κ3) is 6.22. The van der Waals surface area contributed by atoms with Gasteiger partial charge in [-0.05, 0) is 47.1 Å². The van der Waals surface area contributed by atoms with Crippen molar-refractivity contribution in [2.45, 2.75) is 72.1 Å². The predicted octanol–water partition coefficient (Wildman–Crippen LogP) is 3.19. The molecule has 32 heavy (non-hydrogen) atoms. The average molecular weight is 442 g/mol. The van der Waals surface area contributed by atoms with Gasteiger partial charge >= 0.3 is 0 Å². The summed E-state index contributed by atoms with van der Waals surface area (Å²) >= 11 is 0. The number of aryl methyl sites for hydroxylation is 1. The summed E-state index contributed by atoms with van der Waals surface area (Å²) in [6.45, 7) is 14.1. The molecule has 2 aromatic rings. The Morgan fingerprint density at radius 3 is 2.66 bits per heavy atom. The summed E-state index contributed by atoms with van der Waals surface area (Å²) < 4.78 is 7.81. The highest BCUT2D eigenvalue weighted by atomic mass is 16.5. The molecular weight excluding hydrogens is 402 g/mol. The van der Waals surface area contributed by atoms with Crippen molar-refractivity contribution in [3.05, 3.63) is 41.5 Å². The Morgan fingerprint density at radius 1 is 1.22 bits per heavy atom. The summed E-state index contributed by atoms with van der Waals surface area (Å²) in [5.74, 6) is 3.48. The van der Waals surface area contributed by atoms with Crippen molar-refractivity contribution < 1.29 is 4.74 Å². The van der Waals surface area contributed by atoms with Crippen LogP contribution in [0.3, 0.4) is 0 Å². The summed E-state index contributed by atoms with van der Waals surface area (Å²) in [5.41, 5.74) is 1.17. The highest BCUT2D eigenvalue weighted by Gasteiger charge is 2.22. The lowest BCUT2D eigenvalue weighted by Gasteiger charge is -2.31. The molecular formula is C24H39N7O. The number of rotatable bonds is 9. The van der Waals surface area contributed by atoms with E-state index in [0.717, 1.165) is 49.3 Å². The first-order chi connectivity index (χ1) is 15.4. The van der Waals surface area contributed by atoms with Gasteiger partial charge in [-0.1, -0.05) is 18.2 Å². The van der Waals surface area contributed by atoms with Crippen LogP contribution < -0.4 is 15.4 Å². The Morgan fingerprint density at radius 2 is 1.97 bits per heavy atom. The fraction of sp³-hybridized carbons (Fsp3) is 0.625. The molecule has 0 spiro atoms.